The Kier molecular flexibility index (Phi) is 3.26. The monoisotopic (exact) mass is 235 g/mol. The second kappa shape index (κ2) is 4.41. The lowest BCUT2D eigenvalue weighted by atomic mass is 9.52. The molecule has 0 amide bonds. The van der Waals surface area contributed by atoms with E-state index in [1.54, 1.807) is 13.0 Å². The van der Waals surface area contributed by atoms with Gasteiger partial charge in [0.25, 0.3) is 0 Å². The van der Waals surface area contributed by atoms with Gasteiger partial charge >= 0.3 is 0 Å². The minimum Gasteiger partial charge on any atom is -0.327 e. The SMILES string of the molecule is CCC1(CC)C(N)CC1c1ccc(C)c(F)c1. The van der Waals surface area contributed by atoms with Crippen molar-refractivity contribution in [3.63, 3.8) is 0 Å². The molecule has 0 radical (unpaired) electrons. The van der Waals surface area contributed by atoms with Gasteiger partial charge in [-0.1, -0.05) is 26.0 Å². The van der Waals surface area contributed by atoms with E-state index >= 15 is 0 Å². The largest absolute Gasteiger partial charge is 0.327 e. The second-order valence-electron chi connectivity index (χ2n) is 5.34. The molecule has 17 heavy (non-hydrogen) atoms. The first-order chi connectivity index (χ1) is 8.05. The van der Waals surface area contributed by atoms with Crippen LogP contribution < -0.4 is 5.73 Å². The molecule has 2 unspecified atom stereocenters. The summed E-state index contributed by atoms with van der Waals surface area (Å²) in [7, 11) is 0. The lowest BCUT2D eigenvalue weighted by Gasteiger charge is -2.55. The molecule has 1 nitrogen and oxygen atoms in total. The van der Waals surface area contributed by atoms with Crippen molar-refractivity contribution in [2.45, 2.75) is 52.0 Å². The highest BCUT2D eigenvalue weighted by molar-refractivity contribution is 5.31. The highest BCUT2D eigenvalue weighted by Gasteiger charge is 2.51. The molecule has 2 atom stereocenters. The van der Waals surface area contributed by atoms with Gasteiger partial charge < -0.3 is 5.73 Å². The molecule has 2 heteroatoms. The molecule has 1 aromatic rings. The normalized spacial score (nSPS) is 26.6. The summed E-state index contributed by atoms with van der Waals surface area (Å²) in [5, 5.41) is 0. The number of nitrogens with two attached hydrogens (primary N) is 1. The predicted molar refractivity (Wildman–Crippen MR) is 69.5 cm³/mol. The molecule has 1 fully saturated rings. The Bertz CT molecular complexity index is 409. The van der Waals surface area contributed by atoms with Gasteiger partial charge in [0, 0.05) is 6.04 Å². The Morgan fingerprint density at radius 2 is 2.00 bits per heavy atom. The Morgan fingerprint density at radius 3 is 2.47 bits per heavy atom. The molecule has 1 aliphatic rings. The molecular formula is C15H22FN. The lowest BCUT2D eigenvalue weighted by molar-refractivity contribution is 0.0436. The van der Waals surface area contributed by atoms with E-state index in [4.69, 9.17) is 5.73 Å². The fourth-order valence-corrected chi connectivity index (χ4v) is 3.38. The summed E-state index contributed by atoms with van der Waals surface area (Å²) in [6.07, 6.45) is 3.14. The van der Waals surface area contributed by atoms with Gasteiger partial charge in [0.1, 0.15) is 5.82 Å². The van der Waals surface area contributed by atoms with Crippen molar-refractivity contribution in [1.82, 2.24) is 0 Å². The van der Waals surface area contributed by atoms with Crippen LogP contribution in [0.5, 0.6) is 0 Å². The van der Waals surface area contributed by atoms with Crippen LogP contribution in [0.25, 0.3) is 0 Å². The lowest BCUT2D eigenvalue weighted by Crippen LogP contribution is -2.55. The van der Waals surface area contributed by atoms with E-state index in [0.29, 0.717) is 5.92 Å². The third-order valence-electron chi connectivity index (χ3n) is 4.84. The molecule has 0 saturated heterocycles. The Morgan fingerprint density at radius 1 is 1.35 bits per heavy atom. The summed E-state index contributed by atoms with van der Waals surface area (Å²) >= 11 is 0. The van der Waals surface area contributed by atoms with Crippen LogP contribution in [0.3, 0.4) is 0 Å². The van der Waals surface area contributed by atoms with Crippen molar-refractivity contribution in [2.24, 2.45) is 11.1 Å². The van der Waals surface area contributed by atoms with Crippen LogP contribution in [0.1, 0.15) is 50.2 Å². The zero-order valence-electron chi connectivity index (χ0n) is 11.0. The molecule has 2 rings (SSSR count). The second-order valence-corrected chi connectivity index (χ2v) is 5.34. The molecular weight excluding hydrogens is 213 g/mol. The van der Waals surface area contributed by atoms with Gasteiger partial charge in [0.05, 0.1) is 0 Å². The smallest absolute Gasteiger partial charge is 0.126 e. The molecule has 0 heterocycles. The summed E-state index contributed by atoms with van der Waals surface area (Å²) in [4.78, 5) is 0. The van der Waals surface area contributed by atoms with Crippen LogP contribution >= 0.6 is 0 Å². The van der Waals surface area contributed by atoms with E-state index in [1.165, 1.54) is 0 Å². The van der Waals surface area contributed by atoms with Crippen LogP contribution in [0.15, 0.2) is 18.2 Å². The average Bonchev–Trinajstić information content (AvgIpc) is 2.32. The van der Waals surface area contributed by atoms with E-state index < -0.39 is 0 Å². The first kappa shape index (κ1) is 12.6. The van der Waals surface area contributed by atoms with Crippen molar-refractivity contribution in [3.05, 3.63) is 35.1 Å². The molecule has 94 valence electrons. The van der Waals surface area contributed by atoms with Crippen molar-refractivity contribution < 1.29 is 4.39 Å². The summed E-state index contributed by atoms with van der Waals surface area (Å²) < 4.78 is 13.6. The summed E-state index contributed by atoms with van der Waals surface area (Å²) in [6, 6.07) is 5.91. The third kappa shape index (κ3) is 1.79. The van der Waals surface area contributed by atoms with Crippen LogP contribution in [0, 0.1) is 18.2 Å². The molecule has 0 spiro atoms. The number of halogens is 1. The van der Waals surface area contributed by atoms with Gasteiger partial charge in [-0.15, -0.1) is 0 Å². The van der Waals surface area contributed by atoms with E-state index in [1.807, 2.05) is 6.07 Å². The number of hydrogen-bond acceptors (Lipinski definition) is 1. The summed E-state index contributed by atoms with van der Waals surface area (Å²) in [6.45, 7) is 6.19. The van der Waals surface area contributed by atoms with Crippen LogP contribution in [-0.4, -0.2) is 6.04 Å². The van der Waals surface area contributed by atoms with E-state index in [9.17, 15) is 4.39 Å². The summed E-state index contributed by atoms with van der Waals surface area (Å²) in [5.74, 6) is 0.340. The third-order valence-corrected chi connectivity index (χ3v) is 4.84. The highest BCUT2D eigenvalue weighted by atomic mass is 19.1. The maximum atomic E-state index is 13.6. The average molecular weight is 235 g/mol. The van der Waals surface area contributed by atoms with Gasteiger partial charge in [-0.2, -0.15) is 0 Å². The van der Waals surface area contributed by atoms with E-state index in [0.717, 1.165) is 30.4 Å². The van der Waals surface area contributed by atoms with Gasteiger partial charge in [0.2, 0.25) is 0 Å². The Hall–Kier alpha value is -0.890. The summed E-state index contributed by atoms with van der Waals surface area (Å²) in [5.41, 5.74) is 8.21. The fraction of sp³-hybridized carbons (Fsp3) is 0.600. The Balaban J connectivity index is 2.32. The maximum absolute atomic E-state index is 13.6. The fourth-order valence-electron chi connectivity index (χ4n) is 3.38. The van der Waals surface area contributed by atoms with Crippen LogP contribution in [0.4, 0.5) is 4.39 Å². The number of hydrogen-bond donors (Lipinski definition) is 1. The Labute approximate surface area is 103 Å². The van der Waals surface area contributed by atoms with Gasteiger partial charge in [0.15, 0.2) is 0 Å². The first-order valence-electron chi connectivity index (χ1n) is 6.56. The first-order valence-corrected chi connectivity index (χ1v) is 6.56. The van der Waals surface area contributed by atoms with E-state index in [-0.39, 0.29) is 17.3 Å². The van der Waals surface area contributed by atoms with Gasteiger partial charge in [-0.25, -0.2) is 4.39 Å². The van der Waals surface area contributed by atoms with E-state index in [2.05, 4.69) is 19.9 Å². The minimum atomic E-state index is -0.0934. The molecule has 1 saturated carbocycles. The molecule has 1 aromatic carbocycles. The zero-order chi connectivity index (χ0) is 12.6. The molecule has 0 aromatic heterocycles. The van der Waals surface area contributed by atoms with Gasteiger partial charge in [-0.05, 0) is 54.7 Å². The molecule has 0 aliphatic heterocycles. The number of aryl methyl sites for hydroxylation is 1. The standard InChI is InChI=1S/C15H22FN/c1-4-15(5-2)12(9-14(15)17)11-7-6-10(3)13(16)8-11/h6-8,12,14H,4-5,9,17H2,1-3H3. The number of rotatable bonds is 3. The highest BCUT2D eigenvalue weighted by Crippen LogP contribution is 2.56. The van der Waals surface area contributed by atoms with Crippen molar-refractivity contribution >= 4 is 0 Å². The minimum absolute atomic E-state index is 0.0934. The molecule has 2 N–H and O–H groups in total. The molecule has 1 aliphatic carbocycles. The molecule has 0 bridgehead atoms. The van der Waals surface area contributed by atoms with Crippen LogP contribution in [0.2, 0.25) is 0 Å². The quantitative estimate of drug-likeness (QED) is 0.848. The zero-order valence-corrected chi connectivity index (χ0v) is 11.0. The number of benzene rings is 1. The topological polar surface area (TPSA) is 26.0 Å². The maximum Gasteiger partial charge on any atom is 0.126 e. The predicted octanol–water partition coefficient (Wildman–Crippen LogP) is 3.76. The van der Waals surface area contributed by atoms with Crippen LogP contribution in [-0.2, 0) is 0 Å². The van der Waals surface area contributed by atoms with Crippen molar-refractivity contribution in [3.8, 4) is 0 Å². The van der Waals surface area contributed by atoms with Crippen molar-refractivity contribution in [1.29, 1.82) is 0 Å². The van der Waals surface area contributed by atoms with Crippen molar-refractivity contribution in [2.75, 3.05) is 0 Å². The van der Waals surface area contributed by atoms with Gasteiger partial charge in [-0.3, -0.25) is 0 Å².